The van der Waals surface area contributed by atoms with Gasteiger partial charge in [-0.3, -0.25) is 0 Å². The number of carbonyl (C=O) groups excluding carboxylic acids is 1. The van der Waals surface area contributed by atoms with Crippen molar-refractivity contribution in [2.75, 3.05) is 0 Å². The second kappa shape index (κ2) is 6.61. The lowest BCUT2D eigenvalue weighted by Crippen LogP contribution is -2.05. The summed E-state index contributed by atoms with van der Waals surface area (Å²) in [5.41, 5.74) is 4.95. The van der Waals surface area contributed by atoms with Gasteiger partial charge in [0.15, 0.2) is 11.6 Å². The Morgan fingerprint density at radius 1 is 1.00 bits per heavy atom. The molecule has 0 unspecified atom stereocenters. The molecule has 1 heterocycles. The van der Waals surface area contributed by atoms with Gasteiger partial charge in [0.25, 0.3) is 0 Å². The molecule has 0 radical (unpaired) electrons. The summed E-state index contributed by atoms with van der Waals surface area (Å²) in [6, 6.07) is 16.3. The molecule has 1 aliphatic heterocycles. The van der Waals surface area contributed by atoms with Crippen LogP contribution in [0, 0.1) is 13.8 Å². The molecular formula is C20H19NO2. The van der Waals surface area contributed by atoms with E-state index < -0.39 is 0 Å². The van der Waals surface area contributed by atoms with E-state index in [0.29, 0.717) is 18.0 Å². The third kappa shape index (κ3) is 3.95. The fraction of sp³-hybridized carbons (Fsp3) is 0.200. The highest BCUT2D eigenvalue weighted by Crippen LogP contribution is 2.18. The highest BCUT2D eigenvalue weighted by molar-refractivity contribution is 6.07. The number of cyclic esters (lactones) is 1. The minimum atomic E-state index is -0.371. The summed E-state index contributed by atoms with van der Waals surface area (Å²) in [6.07, 6.45) is 3.20. The highest BCUT2D eigenvalue weighted by atomic mass is 16.6. The first-order chi connectivity index (χ1) is 11.1. The van der Waals surface area contributed by atoms with Crippen molar-refractivity contribution >= 4 is 17.9 Å². The predicted octanol–water partition coefficient (Wildman–Crippen LogP) is 4.23. The van der Waals surface area contributed by atoms with Crippen molar-refractivity contribution in [3.8, 4) is 0 Å². The van der Waals surface area contributed by atoms with Gasteiger partial charge in [0.2, 0.25) is 0 Å². The van der Waals surface area contributed by atoms with E-state index in [1.54, 1.807) is 6.08 Å². The summed E-state index contributed by atoms with van der Waals surface area (Å²) in [7, 11) is 0. The number of esters is 1. The number of carbonyl (C=O) groups is 1. The van der Waals surface area contributed by atoms with E-state index in [0.717, 1.165) is 12.0 Å². The molecule has 116 valence electrons. The Morgan fingerprint density at radius 2 is 1.78 bits per heavy atom. The lowest BCUT2D eigenvalue weighted by atomic mass is 10.1. The minimum Gasteiger partial charge on any atom is -0.407 e. The maximum Gasteiger partial charge on any atom is 0.363 e. The number of benzene rings is 2. The Bertz CT molecular complexity index is 786. The molecule has 2 aromatic rings. The Kier molecular flexibility index (Phi) is 4.38. The summed E-state index contributed by atoms with van der Waals surface area (Å²) in [6.45, 7) is 4.10. The zero-order valence-corrected chi connectivity index (χ0v) is 13.4. The quantitative estimate of drug-likeness (QED) is 0.626. The molecule has 0 N–H and O–H groups in total. The number of hydrogen-bond donors (Lipinski definition) is 0. The first-order valence-corrected chi connectivity index (χ1v) is 7.74. The molecule has 3 rings (SSSR count). The lowest BCUT2D eigenvalue weighted by molar-refractivity contribution is -0.130. The molecule has 0 aliphatic carbocycles. The molecule has 0 fully saturated rings. The van der Waals surface area contributed by atoms with Crippen LogP contribution in [0.15, 0.2) is 59.2 Å². The van der Waals surface area contributed by atoms with Crippen LogP contribution in [0.4, 0.5) is 0 Å². The fourth-order valence-electron chi connectivity index (χ4n) is 2.50. The number of hydrogen-bond acceptors (Lipinski definition) is 3. The first kappa shape index (κ1) is 15.2. The maximum atomic E-state index is 11.9. The molecule has 3 nitrogen and oxygen atoms in total. The molecule has 0 bridgehead atoms. The standard InChI is InChI=1S/C20H19NO2/c1-14-6-8-17(9-7-14)13-18-20(22)23-19(21-18)11-10-16-5-3-4-15(2)12-16/h3-9,12-13H,10-11H2,1-2H3/b18-13+. The van der Waals surface area contributed by atoms with E-state index in [1.165, 1.54) is 16.7 Å². The second-order valence-electron chi connectivity index (χ2n) is 5.82. The molecule has 23 heavy (non-hydrogen) atoms. The van der Waals surface area contributed by atoms with Crippen LogP contribution in [0.25, 0.3) is 6.08 Å². The smallest absolute Gasteiger partial charge is 0.363 e. The van der Waals surface area contributed by atoms with Crippen molar-refractivity contribution in [1.82, 2.24) is 0 Å². The number of nitrogens with zero attached hydrogens (tertiary/aromatic N) is 1. The van der Waals surface area contributed by atoms with E-state index in [4.69, 9.17) is 4.74 Å². The third-order valence-corrected chi connectivity index (χ3v) is 3.76. The minimum absolute atomic E-state index is 0.369. The maximum absolute atomic E-state index is 11.9. The van der Waals surface area contributed by atoms with Crippen LogP contribution in [0.1, 0.15) is 28.7 Å². The topological polar surface area (TPSA) is 38.7 Å². The normalized spacial score (nSPS) is 15.7. The molecule has 2 aromatic carbocycles. The Hall–Kier alpha value is -2.68. The molecule has 0 aromatic heterocycles. The van der Waals surface area contributed by atoms with Crippen molar-refractivity contribution in [3.05, 3.63) is 76.5 Å². The van der Waals surface area contributed by atoms with Crippen LogP contribution in [0.3, 0.4) is 0 Å². The van der Waals surface area contributed by atoms with Gasteiger partial charge in [-0.25, -0.2) is 9.79 Å². The highest BCUT2D eigenvalue weighted by Gasteiger charge is 2.22. The van der Waals surface area contributed by atoms with Crippen LogP contribution >= 0.6 is 0 Å². The number of aryl methyl sites for hydroxylation is 3. The van der Waals surface area contributed by atoms with Crippen LogP contribution < -0.4 is 0 Å². The van der Waals surface area contributed by atoms with Gasteiger partial charge in [-0.15, -0.1) is 0 Å². The number of rotatable bonds is 4. The Balaban J connectivity index is 1.70. The van der Waals surface area contributed by atoms with Crippen molar-refractivity contribution in [2.45, 2.75) is 26.7 Å². The fourth-order valence-corrected chi connectivity index (χ4v) is 2.50. The number of ether oxygens (including phenoxy) is 1. The molecule has 0 amide bonds. The molecule has 0 atom stereocenters. The van der Waals surface area contributed by atoms with Gasteiger partial charge in [0, 0.05) is 6.42 Å². The zero-order valence-electron chi connectivity index (χ0n) is 13.4. The van der Waals surface area contributed by atoms with E-state index in [2.05, 4.69) is 30.1 Å². The summed E-state index contributed by atoms with van der Waals surface area (Å²) in [4.78, 5) is 16.2. The summed E-state index contributed by atoms with van der Waals surface area (Å²) >= 11 is 0. The van der Waals surface area contributed by atoms with Gasteiger partial charge in [-0.1, -0.05) is 59.7 Å². The summed E-state index contributed by atoms with van der Waals surface area (Å²) in [5, 5.41) is 0. The van der Waals surface area contributed by atoms with Crippen LogP contribution in [0.5, 0.6) is 0 Å². The monoisotopic (exact) mass is 305 g/mol. The Labute approximate surface area is 136 Å². The average molecular weight is 305 g/mol. The number of aliphatic imine (C=N–C) groups is 1. The van der Waals surface area contributed by atoms with Gasteiger partial charge in [0.1, 0.15) is 0 Å². The molecule has 3 heteroatoms. The van der Waals surface area contributed by atoms with Crippen LogP contribution in [-0.2, 0) is 16.0 Å². The van der Waals surface area contributed by atoms with E-state index in [9.17, 15) is 4.79 Å². The third-order valence-electron chi connectivity index (χ3n) is 3.76. The summed E-state index contributed by atoms with van der Waals surface area (Å²) in [5.74, 6) is 0.125. The average Bonchev–Trinajstić information content (AvgIpc) is 2.88. The van der Waals surface area contributed by atoms with Gasteiger partial charge < -0.3 is 4.74 Å². The van der Waals surface area contributed by atoms with Crippen molar-refractivity contribution in [3.63, 3.8) is 0 Å². The summed E-state index contributed by atoms with van der Waals surface area (Å²) < 4.78 is 5.26. The molecule has 0 saturated carbocycles. The second-order valence-corrected chi connectivity index (χ2v) is 5.82. The van der Waals surface area contributed by atoms with Gasteiger partial charge in [-0.05, 0) is 37.5 Å². The van der Waals surface area contributed by atoms with Gasteiger partial charge in [0.05, 0.1) is 0 Å². The lowest BCUT2D eigenvalue weighted by Gasteiger charge is -2.01. The van der Waals surface area contributed by atoms with Gasteiger partial charge >= 0.3 is 5.97 Å². The molecule has 0 spiro atoms. The first-order valence-electron chi connectivity index (χ1n) is 7.74. The van der Waals surface area contributed by atoms with Crippen LogP contribution in [-0.4, -0.2) is 11.9 Å². The van der Waals surface area contributed by atoms with Crippen molar-refractivity contribution in [2.24, 2.45) is 4.99 Å². The molecular weight excluding hydrogens is 286 g/mol. The predicted molar refractivity (Wildman–Crippen MR) is 92.2 cm³/mol. The Morgan fingerprint density at radius 3 is 2.52 bits per heavy atom. The van der Waals surface area contributed by atoms with E-state index in [1.807, 2.05) is 37.3 Å². The van der Waals surface area contributed by atoms with Crippen molar-refractivity contribution < 1.29 is 9.53 Å². The zero-order chi connectivity index (χ0) is 16.2. The van der Waals surface area contributed by atoms with E-state index in [-0.39, 0.29) is 5.97 Å². The van der Waals surface area contributed by atoms with Crippen molar-refractivity contribution in [1.29, 1.82) is 0 Å². The molecule has 1 aliphatic rings. The molecule has 0 saturated heterocycles. The largest absolute Gasteiger partial charge is 0.407 e. The SMILES string of the molecule is Cc1ccc(/C=C2/N=C(CCc3cccc(C)c3)OC2=O)cc1. The van der Waals surface area contributed by atoms with E-state index >= 15 is 0 Å². The van der Waals surface area contributed by atoms with Gasteiger partial charge in [-0.2, -0.15) is 0 Å². The van der Waals surface area contributed by atoms with Crippen LogP contribution in [0.2, 0.25) is 0 Å².